The van der Waals surface area contributed by atoms with Crippen LogP contribution in [0.1, 0.15) is 55.5 Å². The smallest absolute Gasteiger partial charge is 0.153 e. The minimum absolute atomic E-state index is 0.572. The lowest BCUT2D eigenvalue weighted by Gasteiger charge is -2.18. The highest BCUT2D eigenvalue weighted by atomic mass is 79.9. The van der Waals surface area contributed by atoms with E-state index in [1.54, 1.807) is 0 Å². The molecule has 1 aromatic carbocycles. The van der Waals surface area contributed by atoms with Gasteiger partial charge in [-0.3, -0.25) is 4.79 Å². The van der Waals surface area contributed by atoms with Crippen molar-refractivity contribution in [2.24, 2.45) is 5.92 Å². The number of hydrogen-bond donors (Lipinski definition) is 0. The van der Waals surface area contributed by atoms with E-state index in [1.807, 2.05) is 19.1 Å². The molecule has 0 aliphatic heterocycles. The highest BCUT2D eigenvalue weighted by Crippen LogP contribution is 2.28. The Bertz CT molecular complexity index is 415. The number of aldehydes is 1. The number of halogens is 1. The monoisotopic (exact) mass is 326 g/mol. The van der Waals surface area contributed by atoms with Crippen molar-refractivity contribution in [3.8, 4) is 5.75 Å². The summed E-state index contributed by atoms with van der Waals surface area (Å²) in [5.41, 5.74) is 1.62. The number of unbranched alkanes of at least 4 members (excludes halogenated alkanes) is 1. The number of ether oxygens (including phenoxy) is 1. The van der Waals surface area contributed by atoms with Crippen LogP contribution in [0.25, 0.3) is 0 Å². The highest BCUT2D eigenvalue weighted by molar-refractivity contribution is 9.10. The molecule has 0 amide bonds. The predicted octanol–water partition coefficient (Wildman–Crippen LogP) is 5.17. The molecule has 0 spiro atoms. The zero-order chi connectivity index (χ0) is 14.3. The van der Waals surface area contributed by atoms with Crippen LogP contribution in [0.15, 0.2) is 16.6 Å². The Morgan fingerprint density at radius 3 is 2.68 bits per heavy atom. The van der Waals surface area contributed by atoms with E-state index in [1.165, 1.54) is 19.3 Å². The third-order valence-corrected chi connectivity index (χ3v) is 3.86. The Morgan fingerprint density at radius 1 is 1.37 bits per heavy atom. The fourth-order valence-corrected chi connectivity index (χ4v) is 2.73. The van der Waals surface area contributed by atoms with Crippen LogP contribution in [0, 0.1) is 12.8 Å². The molecule has 3 heteroatoms. The van der Waals surface area contributed by atoms with Gasteiger partial charge in [0.25, 0.3) is 0 Å². The van der Waals surface area contributed by atoms with E-state index >= 15 is 0 Å². The molecule has 0 saturated carbocycles. The molecule has 0 fully saturated rings. The van der Waals surface area contributed by atoms with Crippen LogP contribution in [0.5, 0.6) is 5.75 Å². The van der Waals surface area contributed by atoms with Gasteiger partial charge in [0.2, 0.25) is 0 Å². The summed E-state index contributed by atoms with van der Waals surface area (Å²) in [6, 6.07) is 3.79. The standard InChI is InChI=1S/C16H23BrO2/c1-4-6-7-13(5-2)11-19-16-12(3)8-15(17)9-14(16)10-18/h8-10,13H,4-7,11H2,1-3H3. The summed E-state index contributed by atoms with van der Waals surface area (Å²) in [6.07, 6.45) is 5.63. The van der Waals surface area contributed by atoms with Crippen molar-refractivity contribution in [2.75, 3.05) is 6.61 Å². The van der Waals surface area contributed by atoms with E-state index in [4.69, 9.17) is 4.74 Å². The molecule has 1 aromatic rings. The quantitative estimate of drug-likeness (QED) is 0.616. The maximum atomic E-state index is 11.1. The number of carbonyl (C=O) groups is 1. The Balaban J connectivity index is 2.73. The Hall–Kier alpha value is -0.830. The Labute approximate surface area is 124 Å². The summed E-state index contributed by atoms with van der Waals surface area (Å²) in [6.45, 7) is 7.07. The maximum Gasteiger partial charge on any atom is 0.153 e. The lowest BCUT2D eigenvalue weighted by atomic mass is 10.0. The van der Waals surface area contributed by atoms with Gasteiger partial charge in [-0.25, -0.2) is 0 Å². The van der Waals surface area contributed by atoms with Gasteiger partial charge >= 0.3 is 0 Å². The summed E-state index contributed by atoms with van der Waals surface area (Å²) >= 11 is 3.40. The topological polar surface area (TPSA) is 26.3 Å². The van der Waals surface area contributed by atoms with Gasteiger partial charge < -0.3 is 4.74 Å². The van der Waals surface area contributed by atoms with Gasteiger partial charge in [0.05, 0.1) is 12.2 Å². The van der Waals surface area contributed by atoms with Crippen LogP contribution in [-0.4, -0.2) is 12.9 Å². The molecule has 0 aliphatic rings. The first-order chi connectivity index (χ1) is 9.12. The minimum Gasteiger partial charge on any atom is -0.492 e. The normalized spacial score (nSPS) is 12.2. The van der Waals surface area contributed by atoms with Gasteiger partial charge in [0, 0.05) is 4.47 Å². The van der Waals surface area contributed by atoms with Gasteiger partial charge in [0.1, 0.15) is 5.75 Å². The van der Waals surface area contributed by atoms with E-state index in [0.29, 0.717) is 18.1 Å². The van der Waals surface area contributed by atoms with Crippen molar-refractivity contribution in [3.63, 3.8) is 0 Å². The molecule has 2 nitrogen and oxygen atoms in total. The molecule has 0 radical (unpaired) electrons. The molecule has 0 aliphatic carbocycles. The minimum atomic E-state index is 0.572. The van der Waals surface area contributed by atoms with Crippen molar-refractivity contribution in [1.29, 1.82) is 0 Å². The number of benzene rings is 1. The van der Waals surface area contributed by atoms with Gasteiger partial charge in [-0.1, -0.05) is 49.0 Å². The van der Waals surface area contributed by atoms with Crippen LogP contribution < -0.4 is 4.74 Å². The van der Waals surface area contributed by atoms with E-state index in [-0.39, 0.29) is 0 Å². The molecule has 19 heavy (non-hydrogen) atoms. The molecule has 1 rings (SSSR count). The van der Waals surface area contributed by atoms with Crippen molar-refractivity contribution in [1.82, 2.24) is 0 Å². The van der Waals surface area contributed by atoms with Crippen molar-refractivity contribution < 1.29 is 9.53 Å². The second-order valence-corrected chi connectivity index (χ2v) is 5.90. The predicted molar refractivity (Wildman–Crippen MR) is 83.1 cm³/mol. The largest absolute Gasteiger partial charge is 0.492 e. The average Bonchev–Trinajstić information content (AvgIpc) is 2.40. The Morgan fingerprint density at radius 2 is 2.11 bits per heavy atom. The van der Waals surface area contributed by atoms with E-state index in [9.17, 15) is 4.79 Å². The number of carbonyl (C=O) groups excluding carboxylic acids is 1. The molecule has 0 bridgehead atoms. The molecule has 0 aromatic heterocycles. The SMILES string of the molecule is CCCCC(CC)COc1c(C)cc(Br)cc1C=O. The highest BCUT2D eigenvalue weighted by Gasteiger charge is 2.12. The number of aryl methyl sites for hydroxylation is 1. The van der Waals surface area contributed by atoms with Gasteiger partial charge in [-0.2, -0.15) is 0 Å². The molecule has 1 unspecified atom stereocenters. The summed E-state index contributed by atoms with van der Waals surface area (Å²) in [5.74, 6) is 1.30. The van der Waals surface area contributed by atoms with Gasteiger partial charge in [0.15, 0.2) is 6.29 Å². The Kier molecular flexibility index (Phi) is 7.14. The first-order valence-corrected chi connectivity index (χ1v) is 7.79. The van der Waals surface area contributed by atoms with Crippen LogP contribution in [0.2, 0.25) is 0 Å². The zero-order valence-electron chi connectivity index (χ0n) is 12.0. The van der Waals surface area contributed by atoms with E-state index in [0.717, 1.165) is 28.5 Å². The summed E-state index contributed by atoms with van der Waals surface area (Å²) < 4.78 is 6.83. The van der Waals surface area contributed by atoms with Crippen LogP contribution >= 0.6 is 15.9 Å². The summed E-state index contributed by atoms with van der Waals surface area (Å²) in [4.78, 5) is 11.1. The fourth-order valence-electron chi connectivity index (χ4n) is 2.14. The number of hydrogen-bond acceptors (Lipinski definition) is 2. The van der Waals surface area contributed by atoms with E-state index < -0.39 is 0 Å². The van der Waals surface area contributed by atoms with Crippen LogP contribution in [0.4, 0.5) is 0 Å². The second kappa shape index (κ2) is 8.36. The van der Waals surface area contributed by atoms with Crippen molar-refractivity contribution in [2.45, 2.75) is 46.5 Å². The third-order valence-electron chi connectivity index (χ3n) is 3.40. The first kappa shape index (κ1) is 16.2. The molecule has 106 valence electrons. The summed E-state index contributed by atoms with van der Waals surface area (Å²) in [7, 11) is 0. The van der Waals surface area contributed by atoms with Crippen LogP contribution in [-0.2, 0) is 0 Å². The molecular weight excluding hydrogens is 304 g/mol. The van der Waals surface area contributed by atoms with Gasteiger partial charge in [-0.05, 0) is 37.0 Å². The summed E-state index contributed by atoms with van der Waals surface area (Å²) in [5, 5.41) is 0. The lowest BCUT2D eigenvalue weighted by Crippen LogP contribution is -2.12. The third kappa shape index (κ3) is 4.98. The molecule has 0 saturated heterocycles. The molecule has 1 atom stereocenters. The molecule has 0 N–H and O–H groups in total. The molecular formula is C16H23BrO2. The average molecular weight is 327 g/mol. The van der Waals surface area contributed by atoms with E-state index in [2.05, 4.69) is 29.8 Å². The first-order valence-electron chi connectivity index (χ1n) is 7.00. The maximum absolute atomic E-state index is 11.1. The zero-order valence-corrected chi connectivity index (χ0v) is 13.6. The van der Waals surface area contributed by atoms with Crippen molar-refractivity contribution >= 4 is 22.2 Å². The van der Waals surface area contributed by atoms with Gasteiger partial charge in [-0.15, -0.1) is 0 Å². The fraction of sp³-hybridized carbons (Fsp3) is 0.562. The molecule has 0 heterocycles. The van der Waals surface area contributed by atoms with Crippen LogP contribution in [0.3, 0.4) is 0 Å². The van der Waals surface area contributed by atoms with Crippen molar-refractivity contribution in [3.05, 3.63) is 27.7 Å². The second-order valence-electron chi connectivity index (χ2n) is 4.99. The lowest BCUT2D eigenvalue weighted by molar-refractivity contribution is 0.111. The number of rotatable bonds is 8.